The fourth-order valence-corrected chi connectivity index (χ4v) is 3.36. The van der Waals surface area contributed by atoms with E-state index in [0.717, 1.165) is 25.9 Å². The molecule has 0 aliphatic carbocycles. The lowest BCUT2D eigenvalue weighted by atomic mass is 10.1. The molecule has 1 aromatic carbocycles. The van der Waals surface area contributed by atoms with Crippen LogP contribution in [0.1, 0.15) is 43.2 Å². The molecule has 3 rings (SSSR count). The van der Waals surface area contributed by atoms with Crippen molar-refractivity contribution in [2.24, 2.45) is 0 Å². The summed E-state index contributed by atoms with van der Waals surface area (Å²) >= 11 is 0. The Hall–Kier alpha value is -1.39. The van der Waals surface area contributed by atoms with Crippen molar-refractivity contribution < 1.29 is 4.79 Å². The minimum Gasteiger partial charge on any atom is -0.351 e. The quantitative estimate of drug-likeness (QED) is 0.875. The van der Waals surface area contributed by atoms with Crippen LogP contribution in [0.2, 0.25) is 0 Å². The number of rotatable bonds is 5. The number of piperidine rings is 1. The number of nitrogens with zero attached hydrogens (tertiary/aromatic N) is 1. The molecule has 2 saturated heterocycles. The highest BCUT2D eigenvalue weighted by Crippen LogP contribution is 2.13. The van der Waals surface area contributed by atoms with Crippen LogP contribution in [0.3, 0.4) is 0 Å². The van der Waals surface area contributed by atoms with Crippen LogP contribution in [0.5, 0.6) is 0 Å². The molecule has 0 saturated carbocycles. The molecule has 0 radical (unpaired) electrons. The zero-order valence-corrected chi connectivity index (χ0v) is 13.3. The number of hydrogen-bond donors (Lipinski definition) is 2. The van der Waals surface area contributed by atoms with Crippen molar-refractivity contribution in [3.63, 3.8) is 0 Å². The summed E-state index contributed by atoms with van der Waals surface area (Å²) in [5, 5.41) is 6.26. The minimum absolute atomic E-state index is 0.0124. The van der Waals surface area contributed by atoms with Crippen LogP contribution in [-0.4, -0.2) is 36.5 Å². The predicted molar refractivity (Wildman–Crippen MR) is 88.4 cm³/mol. The Labute approximate surface area is 133 Å². The van der Waals surface area contributed by atoms with Gasteiger partial charge in [-0.25, -0.2) is 0 Å². The van der Waals surface area contributed by atoms with Crippen LogP contribution in [0.4, 0.5) is 0 Å². The maximum atomic E-state index is 12.0. The monoisotopic (exact) mass is 301 g/mol. The highest BCUT2D eigenvalue weighted by Gasteiger charge is 2.21. The second-order valence-electron chi connectivity index (χ2n) is 6.52. The van der Waals surface area contributed by atoms with Gasteiger partial charge in [-0.2, -0.15) is 0 Å². The third-order valence-electron chi connectivity index (χ3n) is 4.72. The summed E-state index contributed by atoms with van der Waals surface area (Å²) in [6.45, 7) is 5.10. The number of nitrogens with one attached hydrogen (secondary N) is 2. The van der Waals surface area contributed by atoms with Crippen molar-refractivity contribution in [2.45, 2.75) is 51.2 Å². The van der Waals surface area contributed by atoms with Crippen LogP contribution < -0.4 is 10.6 Å². The molecule has 22 heavy (non-hydrogen) atoms. The van der Waals surface area contributed by atoms with Gasteiger partial charge in [-0.05, 0) is 56.4 Å². The van der Waals surface area contributed by atoms with Crippen LogP contribution in [0, 0.1) is 0 Å². The van der Waals surface area contributed by atoms with E-state index < -0.39 is 0 Å². The molecule has 0 spiro atoms. The summed E-state index contributed by atoms with van der Waals surface area (Å²) in [5.41, 5.74) is 2.54. The fraction of sp³-hybridized carbons (Fsp3) is 0.611. The first-order chi connectivity index (χ1) is 10.8. The van der Waals surface area contributed by atoms with E-state index in [1.165, 1.54) is 43.5 Å². The molecule has 0 bridgehead atoms. The molecular formula is C18H27N3O. The average molecular weight is 301 g/mol. The highest BCUT2D eigenvalue weighted by atomic mass is 16.2. The normalized spacial score (nSPS) is 22.6. The molecular weight excluding hydrogens is 274 g/mol. The van der Waals surface area contributed by atoms with Gasteiger partial charge in [0.2, 0.25) is 5.91 Å². The first kappa shape index (κ1) is 15.5. The third-order valence-corrected chi connectivity index (χ3v) is 4.72. The molecule has 0 unspecified atom stereocenters. The van der Waals surface area contributed by atoms with E-state index in [-0.39, 0.29) is 11.9 Å². The van der Waals surface area contributed by atoms with Crippen molar-refractivity contribution in [2.75, 3.05) is 19.6 Å². The summed E-state index contributed by atoms with van der Waals surface area (Å²) in [6.07, 6.45) is 6.10. The Balaban J connectivity index is 1.45. The van der Waals surface area contributed by atoms with E-state index in [1.807, 2.05) is 0 Å². The van der Waals surface area contributed by atoms with Gasteiger partial charge in [0.25, 0.3) is 0 Å². The number of likely N-dealkylation sites (tertiary alicyclic amines) is 1. The summed E-state index contributed by atoms with van der Waals surface area (Å²) < 4.78 is 0. The molecule has 4 heteroatoms. The summed E-state index contributed by atoms with van der Waals surface area (Å²) in [6, 6.07) is 8.69. The van der Waals surface area contributed by atoms with E-state index in [0.29, 0.717) is 6.54 Å². The molecule has 4 nitrogen and oxygen atoms in total. The molecule has 2 fully saturated rings. The largest absolute Gasteiger partial charge is 0.351 e. The standard InChI is InChI=1S/C18H27N3O/c22-18(17-5-4-10-19-17)20-13-15-6-8-16(9-7-15)14-21-11-2-1-3-12-21/h6-9,17,19H,1-5,10-14H2,(H,20,22)/t17-/m0/s1. The van der Waals surface area contributed by atoms with Crippen LogP contribution in [0.15, 0.2) is 24.3 Å². The fourth-order valence-electron chi connectivity index (χ4n) is 3.36. The number of carbonyl (C=O) groups is 1. The van der Waals surface area contributed by atoms with Gasteiger partial charge < -0.3 is 10.6 Å². The number of carbonyl (C=O) groups excluding carboxylic acids is 1. The maximum Gasteiger partial charge on any atom is 0.237 e. The predicted octanol–water partition coefficient (Wildman–Crippen LogP) is 2.04. The van der Waals surface area contributed by atoms with Crippen LogP contribution in [-0.2, 0) is 17.9 Å². The van der Waals surface area contributed by atoms with Gasteiger partial charge in [-0.15, -0.1) is 0 Å². The van der Waals surface area contributed by atoms with Crippen molar-refractivity contribution in [3.8, 4) is 0 Å². The Morgan fingerprint density at radius 2 is 1.82 bits per heavy atom. The molecule has 1 aromatic rings. The van der Waals surface area contributed by atoms with Gasteiger partial charge in [-0.1, -0.05) is 30.7 Å². The third kappa shape index (κ3) is 4.31. The minimum atomic E-state index is 0.0124. The Morgan fingerprint density at radius 3 is 2.50 bits per heavy atom. The molecule has 2 heterocycles. The molecule has 0 aromatic heterocycles. The van der Waals surface area contributed by atoms with E-state index in [9.17, 15) is 4.79 Å². The lowest BCUT2D eigenvalue weighted by Gasteiger charge is -2.26. The second kappa shape index (κ2) is 7.75. The Morgan fingerprint density at radius 1 is 1.09 bits per heavy atom. The number of hydrogen-bond acceptors (Lipinski definition) is 3. The smallest absolute Gasteiger partial charge is 0.237 e. The first-order valence-electron chi connectivity index (χ1n) is 8.62. The Bertz CT molecular complexity index is 474. The van der Waals surface area contributed by atoms with Crippen LogP contribution >= 0.6 is 0 Å². The van der Waals surface area contributed by atoms with Crippen LogP contribution in [0.25, 0.3) is 0 Å². The SMILES string of the molecule is O=C(NCc1ccc(CN2CCCCC2)cc1)[C@@H]1CCCN1. The molecule has 1 amide bonds. The van der Waals surface area contributed by atoms with Gasteiger partial charge >= 0.3 is 0 Å². The Kier molecular flexibility index (Phi) is 5.46. The van der Waals surface area contributed by atoms with E-state index >= 15 is 0 Å². The maximum absolute atomic E-state index is 12.0. The first-order valence-corrected chi connectivity index (χ1v) is 8.62. The summed E-state index contributed by atoms with van der Waals surface area (Å²) in [4.78, 5) is 14.5. The lowest BCUT2D eigenvalue weighted by Crippen LogP contribution is -2.39. The zero-order chi connectivity index (χ0) is 15.2. The molecule has 1 atom stereocenters. The van der Waals surface area contributed by atoms with Crippen molar-refractivity contribution in [1.29, 1.82) is 0 Å². The lowest BCUT2D eigenvalue weighted by molar-refractivity contribution is -0.122. The molecule has 2 aliphatic rings. The van der Waals surface area contributed by atoms with E-state index in [1.54, 1.807) is 0 Å². The number of benzene rings is 1. The van der Waals surface area contributed by atoms with Crippen molar-refractivity contribution in [3.05, 3.63) is 35.4 Å². The average Bonchev–Trinajstić information content (AvgIpc) is 3.09. The molecule has 2 N–H and O–H groups in total. The highest BCUT2D eigenvalue weighted by molar-refractivity contribution is 5.81. The zero-order valence-electron chi connectivity index (χ0n) is 13.3. The molecule has 120 valence electrons. The number of amides is 1. The van der Waals surface area contributed by atoms with Gasteiger partial charge in [0, 0.05) is 13.1 Å². The van der Waals surface area contributed by atoms with Gasteiger partial charge in [-0.3, -0.25) is 9.69 Å². The van der Waals surface area contributed by atoms with Crippen molar-refractivity contribution in [1.82, 2.24) is 15.5 Å². The van der Waals surface area contributed by atoms with E-state index in [4.69, 9.17) is 0 Å². The van der Waals surface area contributed by atoms with Gasteiger partial charge in [0.05, 0.1) is 6.04 Å². The van der Waals surface area contributed by atoms with Gasteiger partial charge in [0.15, 0.2) is 0 Å². The summed E-state index contributed by atoms with van der Waals surface area (Å²) in [5.74, 6) is 0.134. The van der Waals surface area contributed by atoms with Gasteiger partial charge in [0.1, 0.15) is 0 Å². The second-order valence-corrected chi connectivity index (χ2v) is 6.52. The van der Waals surface area contributed by atoms with Crippen molar-refractivity contribution >= 4 is 5.91 Å². The topological polar surface area (TPSA) is 44.4 Å². The summed E-state index contributed by atoms with van der Waals surface area (Å²) in [7, 11) is 0. The molecule has 2 aliphatic heterocycles. The van der Waals surface area contributed by atoms with E-state index in [2.05, 4.69) is 39.8 Å².